The molecule has 2 nitrogen and oxygen atoms in total. The van der Waals surface area contributed by atoms with Crippen molar-refractivity contribution in [3.8, 4) is 23.7 Å². The predicted octanol–water partition coefficient (Wildman–Crippen LogP) is 1.84. The lowest BCUT2D eigenvalue weighted by Gasteiger charge is -2.13. The molecular weight excluding hydrogens is 176 g/mol. The quantitative estimate of drug-likeness (QED) is 0.474. The van der Waals surface area contributed by atoms with Gasteiger partial charge in [-0.2, -0.15) is 0 Å². The van der Waals surface area contributed by atoms with E-state index >= 15 is 0 Å². The lowest BCUT2D eigenvalue weighted by molar-refractivity contribution is 0.00358. The molecule has 14 heavy (non-hydrogen) atoms. The van der Waals surface area contributed by atoms with Crippen molar-refractivity contribution in [3.05, 3.63) is 0 Å². The molecule has 78 valence electrons. The molecule has 0 bridgehead atoms. The molecule has 0 radical (unpaired) electrons. The highest BCUT2D eigenvalue weighted by Crippen LogP contribution is 1.98. The topological polar surface area (TPSA) is 18.5 Å². The monoisotopic (exact) mass is 194 g/mol. The summed E-state index contributed by atoms with van der Waals surface area (Å²) in [6, 6.07) is 0. The van der Waals surface area contributed by atoms with Gasteiger partial charge in [0.1, 0.15) is 13.2 Å². The molecule has 0 aromatic heterocycles. The summed E-state index contributed by atoms with van der Waals surface area (Å²) >= 11 is 0. The van der Waals surface area contributed by atoms with E-state index in [1.165, 1.54) is 0 Å². The third-order valence-corrected chi connectivity index (χ3v) is 1.68. The highest BCUT2D eigenvalue weighted by molar-refractivity contribution is 4.95. The van der Waals surface area contributed by atoms with E-state index in [1.54, 1.807) is 13.8 Å². The first-order chi connectivity index (χ1) is 6.85. The molecule has 2 heteroatoms. The maximum atomic E-state index is 5.47. The Balaban J connectivity index is 3.53. The molecule has 0 spiro atoms. The van der Waals surface area contributed by atoms with Crippen LogP contribution in [0.4, 0.5) is 0 Å². The highest BCUT2D eigenvalue weighted by atomic mass is 16.5. The first kappa shape index (κ1) is 13.0. The number of ether oxygens (including phenoxy) is 2. The molecule has 0 heterocycles. The minimum Gasteiger partial charge on any atom is -0.366 e. The SMILES string of the molecule is CC#CCOC[C@@H](CC)OCC#CC. The first-order valence-electron chi connectivity index (χ1n) is 4.83. The van der Waals surface area contributed by atoms with Crippen LogP contribution in [0.15, 0.2) is 0 Å². The maximum absolute atomic E-state index is 5.47. The first-order valence-corrected chi connectivity index (χ1v) is 4.83. The fraction of sp³-hybridized carbons (Fsp3) is 0.667. The van der Waals surface area contributed by atoms with Crippen LogP contribution in [0.3, 0.4) is 0 Å². The molecule has 0 rings (SSSR count). The molecule has 0 aromatic rings. The van der Waals surface area contributed by atoms with Crippen molar-refractivity contribution in [3.63, 3.8) is 0 Å². The average molecular weight is 194 g/mol. The normalized spacial score (nSPS) is 10.8. The van der Waals surface area contributed by atoms with Crippen molar-refractivity contribution in [1.29, 1.82) is 0 Å². The Morgan fingerprint density at radius 1 is 1.07 bits per heavy atom. The van der Waals surface area contributed by atoms with Gasteiger partial charge in [-0.1, -0.05) is 18.8 Å². The predicted molar refractivity (Wildman–Crippen MR) is 57.8 cm³/mol. The molecule has 0 aromatic carbocycles. The zero-order valence-corrected chi connectivity index (χ0v) is 9.22. The van der Waals surface area contributed by atoms with E-state index < -0.39 is 0 Å². The van der Waals surface area contributed by atoms with E-state index in [2.05, 4.69) is 30.6 Å². The van der Waals surface area contributed by atoms with E-state index in [1.807, 2.05) is 0 Å². The van der Waals surface area contributed by atoms with Gasteiger partial charge in [0.05, 0.1) is 12.7 Å². The van der Waals surface area contributed by atoms with Gasteiger partial charge in [-0.05, 0) is 20.3 Å². The second kappa shape index (κ2) is 10.1. The highest BCUT2D eigenvalue weighted by Gasteiger charge is 2.04. The van der Waals surface area contributed by atoms with Crippen LogP contribution in [0, 0.1) is 23.7 Å². The van der Waals surface area contributed by atoms with Crippen molar-refractivity contribution in [2.75, 3.05) is 19.8 Å². The third-order valence-electron chi connectivity index (χ3n) is 1.68. The van der Waals surface area contributed by atoms with E-state index in [0.29, 0.717) is 19.8 Å². The van der Waals surface area contributed by atoms with Crippen molar-refractivity contribution >= 4 is 0 Å². The zero-order chi connectivity index (χ0) is 10.6. The second-order valence-electron chi connectivity index (χ2n) is 2.71. The Hall–Kier alpha value is -0.960. The maximum Gasteiger partial charge on any atom is 0.108 e. The molecule has 0 saturated carbocycles. The second-order valence-corrected chi connectivity index (χ2v) is 2.71. The molecule has 0 aliphatic carbocycles. The largest absolute Gasteiger partial charge is 0.366 e. The number of hydrogen-bond donors (Lipinski definition) is 0. The minimum atomic E-state index is 0.134. The van der Waals surface area contributed by atoms with E-state index in [9.17, 15) is 0 Å². The summed E-state index contributed by atoms with van der Waals surface area (Å²) in [7, 11) is 0. The van der Waals surface area contributed by atoms with Crippen LogP contribution in [0.25, 0.3) is 0 Å². The minimum absolute atomic E-state index is 0.134. The van der Waals surface area contributed by atoms with Crippen LogP contribution >= 0.6 is 0 Å². The Labute approximate surface area is 87.0 Å². The number of rotatable bonds is 6. The van der Waals surface area contributed by atoms with Crippen LogP contribution in [-0.4, -0.2) is 25.9 Å². The summed E-state index contributed by atoms with van der Waals surface area (Å²) in [4.78, 5) is 0. The van der Waals surface area contributed by atoms with Crippen molar-refractivity contribution in [2.45, 2.75) is 33.3 Å². The fourth-order valence-electron chi connectivity index (χ4n) is 0.829. The van der Waals surface area contributed by atoms with Crippen molar-refractivity contribution in [1.82, 2.24) is 0 Å². The molecule has 0 aliphatic heterocycles. The van der Waals surface area contributed by atoms with Gasteiger partial charge in [0.15, 0.2) is 0 Å². The van der Waals surface area contributed by atoms with Crippen molar-refractivity contribution in [2.24, 2.45) is 0 Å². The summed E-state index contributed by atoms with van der Waals surface area (Å²) < 4.78 is 10.8. The van der Waals surface area contributed by atoms with Crippen LogP contribution in [-0.2, 0) is 9.47 Å². The Morgan fingerprint density at radius 3 is 2.29 bits per heavy atom. The average Bonchev–Trinajstić information content (AvgIpc) is 2.22. The Kier molecular flexibility index (Phi) is 9.43. The van der Waals surface area contributed by atoms with Crippen LogP contribution < -0.4 is 0 Å². The van der Waals surface area contributed by atoms with Gasteiger partial charge >= 0.3 is 0 Å². The fourth-order valence-corrected chi connectivity index (χ4v) is 0.829. The molecule has 0 unspecified atom stereocenters. The third kappa shape index (κ3) is 7.68. The van der Waals surface area contributed by atoms with Crippen LogP contribution in [0.5, 0.6) is 0 Å². The molecule has 1 atom stereocenters. The van der Waals surface area contributed by atoms with Crippen molar-refractivity contribution < 1.29 is 9.47 Å². The molecule has 0 aliphatic rings. The Bertz CT molecular complexity index is 237. The molecule has 0 fully saturated rings. The summed E-state index contributed by atoms with van der Waals surface area (Å²) in [5.41, 5.74) is 0. The van der Waals surface area contributed by atoms with E-state index in [0.717, 1.165) is 6.42 Å². The van der Waals surface area contributed by atoms with Gasteiger partial charge in [0.25, 0.3) is 0 Å². The van der Waals surface area contributed by atoms with Gasteiger partial charge in [-0.15, -0.1) is 11.8 Å². The van der Waals surface area contributed by atoms with Gasteiger partial charge in [-0.25, -0.2) is 0 Å². The van der Waals surface area contributed by atoms with E-state index in [-0.39, 0.29) is 6.10 Å². The summed E-state index contributed by atoms with van der Waals surface area (Å²) in [5, 5.41) is 0. The van der Waals surface area contributed by atoms with Crippen LogP contribution in [0.2, 0.25) is 0 Å². The zero-order valence-electron chi connectivity index (χ0n) is 9.22. The molecule has 0 N–H and O–H groups in total. The van der Waals surface area contributed by atoms with E-state index in [4.69, 9.17) is 9.47 Å². The molecular formula is C12H18O2. The summed E-state index contributed by atoms with van der Waals surface area (Å²) in [6.07, 6.45) is 1.07. The summed E-state index contributed by atoms with van der Waals surface area (Å²) in [5.74, 6) is 11.3. The van der Waals surface area contributed by atoms with Gasteiger partial charge < -0.3 is 9.47 Å². The van der Waals surface area contributed by atoms with Gasteiger partial charge in [0.2, 0.25) is 0 Å². The molecule has 0 saturated heterocycles. The lowest BCUT2D eigenvalue weighted by Crippen LogP contribution is -2.19. The molecule has 0 amide bonds. The van der Waals surface area contributed by atoms with Gasteiger partial charge in [0, 0.05) is 0 Å². The van der Waals surface area contributed by atoms with Gasteiger partial charge in [-0.3, -0.25) is 0 Å². The van der Waals surface area contributed by atoms with Crippen LogP contribution in [0.1, 0.15) is 27.2 Å². The number of hydrogen-bond acceptors (Lipinski definition) is 2. The Morgan fingerprint density at radius 2 is 1.71 bits per heavy atom. The standard InChI is InChI=1S/C12H18O2/c1-4-7-9-13-11-12(6-3)14-10-8-5-2/h12H,6,9-11H2,1-3H3/t12-/m1/s1. The smallest absolute Gasteiger partial charge is 0.108 e. The lowest BCUT2D eigenvalue weighted by atomic mass is 10.3. The summed E-state index contributed by atoms with van der Waals surface area (Å²) in [6.45, 7) is 7.23.